The highest BCUT2D eigenvalue weighted by molar-refractivity contribution is 5.09. The van der Waals surface area contributed by atoms with Gasteiger partial charge < -0.3 is 10.6 Å². The minimum atomic E-state index is 0.716. The Kier molecular flexibility index (Phi) is 7.56. The zero-order valence-corrected chi connectivity index (χ0v) is 16.9. The summed E-state index contributed by atoms with van der Waals surface area (Å²) in [4.78, 5) is 0. The molecule has 0 aromatic heterocycles. The Morgan fingerprint density at radius 2 is 1.12 bits per heavy atom. The predicted molar refractivity (Wildman–Crippen MR) is 106 cm³/mol. The molecular weight excluding hydrogens is 292 g/mol. The van der Waals surface area contributed by atoms with Crippen molar-refractivity contribution in [2.24, 2.45) is 35.5 Å². The molecule has 0 radical (unpaired) electrons. The van der Waals surface area contributed by atoms with Crippen molar-refractivity contribution >= 4 is 0 Å². The van der Waals surface area contributed by atoms with Gasteiger partial charge in [-0.2, -0.15) is 0 Å². The molecule has 0 bridgehead atoms. The average Bonchev–Trinajstić information content (AvgIpc) is 2.46. The quantitative estimate of drug-likeness (QED) is 0.524. The summed E-state index contributed by atoms with van der Waals surface area (Å²) >= 11 is 0. The van der Waals surface area contributed by atoms with Crippen LogP contribution in [0.2, 0.25) is 0 Å². The van der Waals surface area contributed by atoms with Gasteiger partial charge in [-0.15, -0.1) is 0 Å². The third-order valence-corrected chi connectivity index (χ3v) is 6.43. The van der Waals surface area contributed by atoms with Crippen LogP contribution in [-0.4, -0.2) is 26.2 Å². The zero-order valence-electron chi connectivity index (χ0n) is 16.9. The fourth-order valence-corrected chi connectivity index (χ4v) is 5.12. The van der Waals surface area contributed by atoms with E-state index >= 15 is 0 Å². The minimum Gasteiger partial charge on any atom is -0.315 e. The molecule has 2 aliphatic carbocycles. The number of allylic oxidation sites excluding steroid dienone is 4. The van der Waals surface area contributed by atoms with Crippen molar-refractivity contribution in [1.29, 1.82) is 0 Å². The second-order valence-corrected chi connectivity index (χ2v) is 8.84. The van der Waals surface area contributed by atoms with Crippen LogP contribution >= 0.6 is 0 Å². The van der Waals surface area contributed by atoms with Gasteiger partial charge in [-0.1, -0.05) is 51.0 Å². The average molecular weight is 333 g/mol. The molecule has 0 unspecified atom stereocenters. The van der Waals surface area contributed by atoms with Gasteiger partial charge in [0.05, 0.1) is 0 Å². The fraction of sp³-hybridized carbons (Fsp3) is 0.818. The molecule has 24 heavy (non-hydrogen) atoms. The molecule has 2 N–H and O–H groups in total. The number of rotatable bonds is 7. The van der Waals surface area contributed by atoms with E-state index in [1.54, 1.807) is 11.1 Å². The van der Waals surface area contributed by atoms with Gasteiger partial charge in [0.2, 0.25) is 0 Å². The summed E-state index contributed by atoms with van der Waals surface area (Å²) in [5.74, 6) is 4.63. The van der Waals surface area contributed by atoms with E-state index in [2.05, 4.69) is 64.3 Å². The summed E-state index contributed by atoms with van der Waals surface area (Å²) in [6.07, 6.45) is 7.51. The van der Waals surface area contributed by atoms with Crippen molar-refractivity contribution in [1.82, 2.24) is 10.6 Å². The van der Waals surface area contributed by atoms with E-state index in [1.807, 2.05) is 0 Å². The van der Waals surface area contributed by atoms with Gasteiger partial charge in [-0.05, 0) is 75.3 Å². The Balaban J connectivity index is 1.62. The lowest BCUT2D eigenvalue weighted by atomic mass is 9.75. The van der Waals surface area contributed by atoms with Gasteiger partial charge in [0, 0.05) is 13.1 Å². The summed E-state index contributed by atoms with van der Waals surface area (Å²) in [6, 6.07) is 0. The molecule has 0 saturated heterocycles. The monoisotopic (exact) mass is 332 g/mol. The van der Waals surface area contributed by atoms with Crippen LogP contribution in [0.5, 0.6) is 0 Å². The third kappa shape index (κ3) is 5.46. The molecule has 0 aliphatic heterocycles. The summed E-state index contributed by atoms with van der Waals surface area (Å²) < 4.78 is 0. The molecule has 0 heterocycles. The highest BCUT2D eigenvalue weighted by atomic mass is 14.9. The fourth-order valence-electron chi connectivity index (χ4n) is 5.12. The summed E-state index contributed by atoms with van der Waals surface area (Å²) in [5.41, 5.74) is 3.15. The Bertz CT molecular complexity index is 409. The van der Waals surface area contributed by atoms with Crippen molar-refractivity contribution in [2.45, 2.75) is 54.4 Å². The van der Waals surface area contributed by atoms with E-state index in [0.29, 0.717) is 11.8 Å². The Hall–Kier alpha value is -0.600. The van der Waals surface area contributed by atoms with E-state index in [9.17, 15) is 0 Å². The van der Waals surface area contributed by atoms with E-state index in [0.717, 1.165) is 49.9 Å². The largest absolute Gasteiger partial charge is 0.315 e. The first-order valence-corrected chi connectivity index (χ1v) is 10.1. The van der Waals surface area contributed by atoms with Crippen LogP contribution in [0.3, 0.4) is 0 Å². The van der Waals surface area contributed by atoms with Gasteiger partial charge in [0.25, 0.3) is 0 Å². The topological polar surface area (TPSA) is 24.1 Å². The van der Waals surface area contributed by atoms with Crippen LogP contribution in [0.4, 0.5) is 0 Å². The van der Waals surface area contributed by atoms with Crippen molar-refractivity contribution in [3.05, 3.63) is 23.3 Å². The SMILES string of the molecule is CC1=C[C@H](C)[C@H](CNCCNC[C@H]2[C@H](C)C=C(C)C[C@@H]2C)[C@H](C)C1. The summed E-state index contributed by atoms with van der Waals surface area (Å²) in [7, 11) is 0. The molecule has 0 amide bonds. The van der Waals surface area contributed by atoms with E-state index in [-0.39, 0.29) is 0 Å². The molecule has 2 rings (SSSR count). The Morgan fingerprint density at radius 1 is 0.750 bits per heavy atom. The van der Waals surface area contributed by atoms with Crippen molar-refractivity contribution in [2.75, 3.05) is 26.2 Å². The zero-order chi connectivity index (χ0) is 17.7. The van der Waals surface area contributed by atoms with Crippen LogP contribution in [0.25, 0.3) is 0 Å². The van der Waals surface area contributed by atoms with Gasteiger partial charge in [0.15, 0.2) is 0 Å². The normalized spacial score (nSPS) is 37.1. The van der Waals surface area contributed by atoms with E-state index in [1.165, 1.54) is 12.8 Å². The maximum absolute atomic E-state index is 3.69. The van der Waals surface area contributed by atoms with Gasteiger partial charge >= 0.3 is 0 Å². The second-order valence-electron chi connectivity index (χ2n) is 8.84. The highest BCUT2D eigenvalue weighted by Crippen LogP contribution is 2.33. The first kappa shape index (κ1) is 19.7. The van der Waals surface area contributed by atoms with Gasteiger partial charge in [0.1, 0.15) is 0 Å². The maximum atomic E-state index is 3.69. The molecule has 0 saturated carbocycles. The first-order valence-electron chi connectivity index (χ1n) is 10.1. The van der Waals surface area contributed by atoms with Crippen LogP contribution < -0.4 is 10.6 Å². The molecule has 0 spiro atoms. The summed E-state index contributed by atoms with van der Waals surface area (Å²) in [5, 5.41) is 7.39. The molecule has 0 aromatic rings. The number of hydrogen-bond donors (Lipinski definition) is 2. The molecule has 2 nitrogen and oxygen atoms in total. The Morgan fingerprint density at radius 3 is 1.46 bits per heavy atom. The smallest absolute Gasteiger partial charge is 0.00768 e. The lowest BCUT2D eigenvalue weighted by Gasteiger charge is -2.34. The van der Waals surface area contributed by atoms with Crippen LogP contribution in [0.1, 0.15) is 54.4 Å². The molecular formula is C22H40N2. The summed E-state index contributed by atoms with van der Waals surface area (Å²) in [6.45, 7) is 18.6. The molecule has 0 fully saturated rings. The molecule has 138 valence electrons. The van der Waals surface area contributed by atoms with Crippen molar-refractivity contribution in [3.8, 4) is 0 Å². The standard InChI is InChI=1S/C22H40N2/c1-15-9-17(3)21(18(4)10-15)13-23-7-8-24-14-22-19(5)11-16(2)12-20(22)6/h9,11,17-24H,7-8,10,12-14H2,1-6H3/t17-,18+,19+,20-,21-,22-/m0/s1. The molecule has 0 aromatic carbocycles. The Labute approximate surface area is 150 Å². The maximum Gasteiger partial charge on any atom is 0.00768 e. The second kappa shape index (κ2) is 9.20. The molecule has 6 atom stereocenters. The number of hydrogen-bond acceptors (Lipinski definition) is 2. The van der Waals surface area contributed by atoms with Crippen LogP contribution in [-0.2, 0) is 0 Å². The third-order valence-electron chi connectivity index (χ3n) is 6.43. The molecule has 2 aliphatic rings. The van der Waals surface area contributed by atoms with Crippen molar-refractivity contribution < 1.29 is 0 Å². The van der Waals surface area contributed by atoms with Gasteiger partial charge in [-0.3, -0.25) is 0 Å². The molecule has 2 heteroatoms. The first-order chi connectivity index (χ1) is 11.4. The van der Waals surface area contributed by atoms with E-state index < -0.39 is 0 Å². The van der Waals surface area contributed by atoms with Crippen LogP contribution in [0.15, 0.2) is 23.3 Å². The highest BCUT2D eigenvalue weighted by Gasteiger charge is 2.27. The van der Waals surface area contributed by atoms with E-state index in [4.69, 9.17) is 0 Å². The van der Waals surface area contributed by atoms with Crippen LogP contribution in [0, 0.1) is 35.5 Å². The predicted octanol–water partition coefficient (Wildman–Crippen LogP) is 4.64. The lowest BCUT2D eigenvalue weighted by Crippen LogP contribution is -2.39. The van der Waals surface area contributed by atoms with Crippen molar-refractivity contribution in [3.63, 3.8) is 0 Å². The van der Waals surface area contributed by atoms with Gasteiger partial charge in [-0.25, -0.2) is 0 Å². The number of nitrogens with one attached hydrogen (secondary N) is 2. The minimum absolute atomic E-state index is 0.716. The lowest BCUT2D eigenvalue weighted by molar-refractivity contribution is 0.253.